The Bertz CT molecular complexity index is 855. The highest BCUT2D eigenvalue weighted by atomic mass is 16.2. The molecule has 2 heterocycles. The number of amides is 4. The van der Waals surface area contributed by atoms with Gasteiger partial charge in [0.05, 0.1) is 0 Å². The Labute approximate surface area is 189 Å². The van der Waals surface area contributed by atoms with Gasteiger partial charge in [0, 0.05) is 13.0 Å². The third-order valence-electron chi connectivity index (χ3n) is 6.21. The molecular formula is C24H34N4O4. The summed E-state index contributed by atoms with van der Waals surface area (Å²) in [7, 11) is 0. The number of nitrogens with one attached hydrogen (secondary N) is 3. The van der Waals surface area contributed by atoms with Gasteiger partial charge in [-0.3, -0.25) is 19.2 Å². The van der Waals surface area contributed by atoms with Gasteiger partial charge in [-0.15, -0.1) is 0 Å². The van der Waals surface area contributed by atoms with Gasteiger partial charge < -0.3 is 20.9 Å². The van der Waals surface area contributed by atoms with E-state index < -0.39 is 29.6 Å². The topological polar surface area (TPSA) is 108 Å². The predicted octanol–water partition coefficient (Wildman–Crippen LogP) is 1.29. The van der Waals surface area contributed by atoms with Crippen LogP contribution in [0.15, 0.2) is 30.3 Å². The number of carbonyl (C=O) groups excluding carboxylic acids is 4. The molecule has 1 aromatic rings. The van der Waals surface area contributed by atoms with Crippen LogP contribution in [-0.4, -0.2) is 58.7 Å². The molecule has 0 bridgehead atoms. The zero-order valence-corrected chi connectivity index (χ0v) is 19.1. The molecule has 8 nitrogen and oxygen atoms in total. The van der Waals surface area contributed by atoms with E-state index in [2.05, 4.69) is 16.0 Å². The van der Waals surface area contributed by atoms with Crippen LogP contribution in [0, 0.1) is 0 Å². The van der Waals surface area contributed by atoms with E-state index in [0.717, 1.165) is 18.4 Å². The largest absolute Gasteiger partial charge is 0.343 e. The summed E-state index contributed by atoms with van der Waals surface area (Å²) in [5.41, 5.74) is -0.342. The van der Waals surface area contributed by atoms with Crippen LogP contribution in [0.4, 0.5) is 0 Å². The Morgan fingerprint density at radius 3 is 2.41 bits per heavy atom. The van der Waals surface area contributed by atoms with Crippen molar-refractivity contribution in [3.05, 3.63) is 35.9 Å². The lowest BCUT2D eigenvalue weighted by Gasteiger charge is -2.34. The summed E-state index contributed by atoms with van der Waals surface area (Å²) >= 11 is 0. The van der Waals surface area contributed by atoms with Crippen LogP contribution in [0.5, 0.6) is 0 Å². The first kappa shape index (κ1) is 23.8. The van der Waals surface area contributed by atoms with E-state index in [1.54, 1.807) is 18.7 Å². The highest BCUT2D eigenvalue weighted by Gasteiger charge is 2.42. The van der Waals surface area contributed by atoms with Crippen molar-refractivity contribution in [1.29, 1.82) is 0 Å². The lowest BCUT2D eigenvalue weighted by atomic mass is 9.98. The average molecular weight is 443 g/mol. The van der Waals surface area contributed by atoms with Crippen molar-refractivity contribution in [2.24, 2.45) is 0 Å². The predicted molar refractivity (Wildman–Crippen MR) is 120 cm³/mol. The number of benzene rings is 1. The van der Waals surface area contributed by atoms with Crippen LogP contribution in [0.3, 0.4) is 0 Å². The molecule has 2 aliphatic rings. The second kappa shape index (κ2) is 10.1. The Morgan fingerprint density at radius 2 is 1.72 bits per heavy atom. The summed E-state index contributed by atoms with van der Waals surface area (Å²) in [5, 5.41) is 8.48. The standard InChI is InChI=1S/C24H34N4O4/c1-4-5-12-17-20(29)27-24(2,3)23(32)26-18(15-16-10-7-6-8-11-16)22(31)28-14-9-13-19(28)21(30)25-17/h6-8,10-11,17-19H,4-5,9,12-15H2,1-3H3,(H,25,30)(H,26,32)(H,27,29)/t17-,18-,19+/m0/s1. The highest BCUT2D eigenvalue weighted by molar-refractivity contribution is 5.99. The smallest absolute Gasteiger partial charge is 0.246 e. The number of carbonyl (C=O) groups is 4. The molecule has 4 amide bonds. The van der Waals surface area contributed by atoms with Gasteiger partial charge in [0.15, 0.2) is 0 Å². The minimum atomic E-state index is -1.24. The fraction of sp³-hybridized carbons (Fsp3) is 0.583. The molecule has 32 heavy (non-hydrogen) atoms. The van der Waals surface area contributed by atoms with Crippen molar-refractivity contribution in [2.75, 3.05) is 6.54 Å². The van der Waals surface area contributed by atoms with E-state index in [1.165, 1.54) is 0 Å². The van der Waals surface area contributed by atoms with E-state index in [1.807, 2.05) is 37.3 Å². The fourth-order valence-electron chi connectivity index (χ4n) is 4.29. The third-order valence-corrected chi connectivity index (χ3v) is 6.21. The van der Waals surface area contributed by atoms with Gasteiger partial charge in [0.2, 0.25) is 23.6 Å². The summed E-state index contributed by atoms with van der Waals surface area (Å²) in [5.74, 6) is -1.40. The number of unbranched alkanes of at least 4 members (excludes halogenated alkanes) is 1. The Kier molecular flexibility index (Phi) is 7.53. The zero-order chi connectivity index (χ0) is 23.3. The van der Waals surface area contributed by atoms with Gasteiger partial charge in [-0.05, 0) is 38.7 Å². The lowest BCUT2D eigenvalue weighted by Crippen LogP contribution is -2.64. The molecule has 174 valence electrons. The van der Waals surface area contributed by atoms with Crippen LogP contribution in [0.25, 0.3) is 0 Å². The summed E-state index contributed by atoms with van der Waals surface area (Å²) in [6.45, 7) is 5.67. The summed E-state index contributed by atoms with van der Waals surface area (Å²) in [4.78, 5) is 54.3. The molecule has 0 aliphatic carbocycles. The van der Waals surface area contributed by atoms with E-state index in [9.17, 15) is 19.2 Å². The fourth-order valence-corrected chi connectivity index (χ4v) is 4.29. The Balaban J connectivity index is 1.93. The van der Waals surface area contributed by atoms with E-state index in [0.29, 0.717) is 32.2 Å². The van der Waals surface area contributed by atoms with Gasteiger partial charge in [0.1, 0.15) is 23.7 Å². The maximum Gasteiger partial charge on any atom is 0.246 e. The molecule has 3 atom stereocenters. The first-order chi connectivity index (χ1) is 15.2. The SMILES string of the molecule is CCCC[C@@H]1NC(=O)[C@H]2CCCN2C(=O)[C@H](Cc2ccccc2)NC(=O)C(C)(C)NC1=O. The van der Waals surface area contributed by atoms with E-state index in [4.69, 9.17) is 0 Å². The molecule has 3 rings (SSSR count). The van der Waals surface area contributed by atoms with Gasteiger partial charge >= 0.3 is 0 Å². The molecule has 2 saturated heterocycles. The van der Waals surface area contributed by atoms with Crippen molar-refractivity contribution in [1.82, 2.24) is 20.9 Å². The number of hydrogen-bond donors (Lipinski definition) is 3. The number of hydrogen-bond acceptors (Lipinski definition) is 4. The second-order valence-corrected chi connectivity index (χ2v) is 9.22. The molecular weight excluding hydrogens is 408 g/mol. The molecule has 1 aromatic carbocycles. The zero-order valence-electron chi connectivity index (χ0n) is 19.1. The maximum atomic E-state index is 13.5. The second-order valence-electron chi connectivity index (χ2n) is 9.22. The number of fused-ring (bicyclic) bond motifs is 1. The van der Waals surface area contributed by atoms with Crippen LogP contribution in [0.2, 0.25) is 0 Å². The minimum absolute atomic E-state index is 0.271. The summed E-state index contributed by atoms with van der Waals surface area (Å²) < 4.78 is 0. The molecule has 3 N–H and O–H groups in total. The molecule has 0 saturated carbocycles. The summed E-state index contributed by atoms with van der Waals surface area (Å²) in [6.07, 6.45) is 3.66. The van der Waals surface area contributed by atoms with Crippen molar-refractivity contribution in [3.8, 4) is 0 Å². The number of rotatable bonds is 5. The molecule has 0 aromatic heterocycles. The number of nitrogens with zero attached hydrogens (tertiary/aromatic N) is 1. The van der Waals surface area contributed by atoms with Crippen molar-refractivity contribution < 1.29 is 19.2 Å². The quantitative estimate of drug-likeness (QED) is 0.639. The van der Waals surface area contributed by atoms with Crippen molar-refractivity contribution in [2.45, 2.75) is 83.0 Å². The minimum Gasteiger partial charge on any atom is -0.343 e. The monoisotopic (exact) mass is 442 g/mol. The Hall–Kier alpha value is -2.90. The third kappa shape index (κ3) is 5.47. The molecule has 0 radical (unpaired) electrons. The molecule has 2 aliphatic heterocycles. The van der Waals surface area contributed by atoms with Crippen LogP contribution in [-0.2, 0) is 25.6 Å². The summed E-state index contributed by atoms with van der Waals surface area (Å²) in [6, 6.07) is 7.23. The van der Waals surface area contributed by atoms with Gasteiger partial charge in [0.25, 0.3) is 0 Å². The van der Waals surface area contributed by atoms with E-state index >= 15 is 0 Å². The highest BCUT2D eigenvalue weighted by Crippen LogP contribution is 2.21. The van der Waals surface area contributed by atoms with Crippen LogP contribution in [0.1, 0.15) is 58.4 Å². The normalized spacial score (nSPS) is 26.3. The van der Waals surface area contributed by atoms with Crippen LogP contribution < -0.4 is 16.0 Å². The van der Waals surface area contributed by atoms with Gasteiger partial charge in [-0.1, -0.05) is 50.1 Å². The van der Waals surface area contributed by atoms with E-state index in [-0.39, 0.29) is 17.7 Å². The van der Waals surface area contributed by atoms with Crippen molar-refractivity contribution in [3.63, 3.8) is 0 Å². The maximum absolute atomic E-state index is 13.5. The Morgan fingerprint density at radius 1 is 1.00 bits per heavy atom. The first-order valence-corrected chi connectivity index (χ1v) is 11.5. The molecule has 0 unspecified atom stereocenters. The lowest BCUT2D eigenvalue weighted by molar-refractivity contribution is -0.144. The molecule has 8 heteroatoms. The average Bonchev–Trinajstić information content (AvgIpc) is 3.25. The molecule has 2 fully saturated rings. The van der Waals surface area contributed by atoms with Gasteiger partial charge in [-0.25, -0.2) is 0 Å². The van der Waals surface area contributed by atoms with Crippen molar-refractivity contribution >= 4 is 23.6 Å². The molecule has 0 spiro atoms. The van der Waals surface area contributed by atoms with Gasteiger partial charge in [-0.2, -0.15) is 0 Å². The van der Waals surface area contributed by atoms with Crippen LogP contribution >= 0.6 is 0 Å². The first-order valence-electron chi connectivity index (χ1n) is 11.5.